The number of methoxy groups -OCH3 is 1. The van der Waals surface area contributed by atoms with Crippen LogP contribution in [0.5, 0.6) is 5.75 Å². The molecule has 3 heteroatoms. The van der Waals surface area contributed by atoms with Crippen molar-refractivity contribution < 1.29 is 13.9 Å². The molecule has 0 saturated carbocycles. The number of halogens is 1. The first-order valence-corrected chi connectivity index (χ1v) is 3.68. The van der Waals surface area contributed by atoms with E-state index in [1.807, 2.05) is 0 Å². The Bertz CT molecular complexity index is 345. The van der Waals surface area contributed by atoms with Crippen LogP contribution in [0.15, 0.2) is 36.7 Å². The molecule has 0 aromatic heterocycles. The number of carbonyl (C=O) groups is 1. The van der Waals surface area contributed by atoms with Crippen molar-refractivity contribution in [1.82, 2.24) is 0 Å². The highest BCUT2D eigenvalue weighted by atomic mass is 19.1. The molecule has 0 atom stereocenters. The third-order valence-electron chi connectivity index (χ3n) is 1.58. The van der Waals surface area contributed by atoms with E-state index >= 15 is 0 Å². The van der Waals surface area contributed by atoms with Gasteiger partial charge in [-0.1, -0.05) is 18.7 Å². The van der Waals surface area contributed by atoms with Crippen molar-refractivity contribution in [3.05, 3.63) is 42.2 Å². The first kappa shape index (κ1) is 9.45. The van der Waals surface area contributed by atoms with Gasteiger partial charge in [-0.05, 0) is 12.1 Å². The van der Waals surface area contributed by atoms with Crippen LogP contribution in [0.1, 0.15) is 10.4 Å². The summed E-state index contributed by atoms with van der Waals surface area (Å²) in [5.41, 5.74) is 0.242. The van der Waals surface area contributed by atoms with Crippen molar-refractivity contribution >= 4 is 5.78 Å². The van der Waals surface area contributed by atoms with E-state index < -0.39 is 11.6 Å². The second-order valence-electron chi connectivity index (χ2n) is 2.47. The zero-order valence-electron chi connectivity index (χ0n) is 7.21. The summed E-state index contributed by atoms with van der Waals surface area (Å²) in [5, 5.41) is 0. The molecule has 0 aliphatic heterocycles. The fourth-order valence-electron chi connectivity index (χ4n) is 0.921. The van der Waals surface area contributed by atoms with Crippen LogP contribution in [-0.2, 0) is 0 Å². The Morgan fingerprint density at radius 3 is 2.77 bits per heavy atom. The molecule has 1 rings (SSSR count). The van der Waals surface area contributed by atoms with Gasteiger partial charge in [-0.2, -0.15) is 0 Å². The second kappa shape index (κ2) is 3.85. The third-order valence-corrected chi connectivity index (χ3v) is 1.58. The predicted octanol–water partition coefficient (Wildman–Crippen LogP) is 2.36. The highest BCUT2D eigenvalue weighted by molar-refractivity contribution is 6.06. The fourth-order valence-corrected chi connectivity index (χ4v) is 0.921. The van der Waals surface area contributed by atoms with Crippen LogP contribution in [0.2, 0.25) is 0 Å². The lowest BCUT2D eigenvalue weighted by Crippen LogP contribution is -1.98. The molecular formula is C10H9FO2. The average molecular weight is 180 g/mol. The minimum Gasteiger partial charge on any atom is -0.497 e. The van der Waals surface area contributed by atoms with E-state index in [9.17, 15) is 9.18 Å². The molecule has 0 aliphatic rings. The van der Waals surface area contributed by atoms with Gasteiger partial charge in [0.25, 0.3) is 0 Å². The van der Waals surface area contributed by atoms with Crippen molar-refractivity contribution in [2.24, 2.45) is 0 Å². The molecule has 0 saturated heterocycles. The molecule has 13 heavy (non-hydrogen) atoms. The van der Waals surface area contributed by atoms with E-state index in [2.05, 4.69) is 6.58 Å². The van der Waals surface area contributed by atoms with E-state index in [-0.39, 0.29) is 5.56 Å². The predicted molar refractivity (Wildman–Crippen MR) is 47.6 cm³/mol. The van der Waals surface area contributed by atoms with Crippen molar-refractivity contribution in [3.63, 3.8) is 0 Å². The van der Waals surface area contributed by atoms with Gasteiger partial charge in [0.1, 0.15) is 5.75 Å². The lowest BCUT2D eigenvalue weighted by molar-refractivity contribution is 0.100. The first-order valence-electron chi connectivity index (χ1n) is 3.68. The molecule has 0 amide bonds. The second-order valence-corrected chi connectivity index (χ2v) is 2.47. The molecule has 0 aliphatic carbocycles. The molecule has 0 bridgehead atoms. The number of allylic oxidation sites excluding steroid dienone is 1. The van der Waals surface area contributed by atoms with Crippen LogP contribution in [0.3, 0.4) is 0 Å². The molecular weight excluding hydrogens is 171 g/mol. The Balaban J connectivity index is 3.02. The van der Waals surface area contributed by atoms with Crippen LogP contribution < -0.4 is 4.74 Å². The summed E-state index contributed by atoms with van der Waals surface area (Å²) in [6.45, 7) is 2.93. The monoisotopic (exact) mass is 180 g/mol. The maximum absolute atomic E-state index is 12.4. The molecule has 1 aromatic rings. The zero-order chi connectivity index (χ0) is 9.84. The third kappa shape index (κ3) is 2.15. The molecule has 0 unspecified atom stereocenters. The summed E-state index contributed by atoms with van der Waals surface area (Å²) in [7, 11) is 1.48. The van der Waals surface area contributed by atoms with E-state index in [0.717, 1.165) is 0 Å². The number of Topliss-reactive ketones (excluding diaryl/α,β-unsaturated/α-hetero) is 1. The van der Waals surface area contributed by atoms with Crippen molar-refractivity contribution in [2.45, 2.75) is 0 Å². The summed E-state index contributed by atoms with van der Waals surface area (Å²) >= 11 is 0. The van der Waals surface area contributed by atoms with Crippen LogP contribution in [0, 0.1) is 0 Å². The maximum atomic E-state index is 12.4. The van der Waals surface area contributed by atoms with Crippen molar-refractivity contribution in [3.8, 4) is 5.75 Å². The smallest absolute Gasteiger partial charge is 0.220 e. The number of carbonyl (C=O) groups excluding carboxylic acids is 1. The van der Waals surface area contributed by atoms with Gasteiger partial charge in [-0.15, -0.1) is 0 Å². The van der Waals surface area contributed by atoms with Gasteiger partial charge < -0.3 is 4.74 Å². The van der Waals surface area contributed by atoms with Crippen molar-refractivity contribution in [1.29, 1.82) is 0 Å². The number of rotatable bonds is 3. The normalized spacial score (nSPS) is 9.38. The largest absolute Gasteiger partial charge is 0.497 e. The Morgan fingerprint density at radius 2 is 2.23 bits per heavy atom. The van der Waals surface area contributed by atoms with Gasteiger partial charge in [0.15, 0.2) is 5.83 Å². The summed E-state index contributed by atoms with van der Waals surface area (Å²) in [5.74, 6) is -1.15. The van der Waals surface area contributed by atoms with E-state index in [1.165, 1.54) is 19.2 Å². The summed E-state index contributed by atoms with van der Waals surface area (Å²) in [6.07, 6.45) is 0. The minimum atomic E-state index is -0.965. The molecule has 1 aromatic carbocycles. The summed E-state index contributed by atoms with van der Waals surface area (Å²) in [6, 6.07) is 6.27. The summed E-state index contributed by atoms with van der Waals surface area (Å²) in [4.78, 5) is 11.1. The highest BCUT2D eigenvalue weighted by Crippen LogP contribution is 2.15. The number of ketones is 1. The zero-order valence-corrected chi connectivity index (χ0v) is 7.21. The SMILES string of the molecule is C=C(F)C(=O)c1cccc(OC)c1. The standard InChI is InChI=1S/C10H9FO2/c1-7(11)10(12)8-4-3-5-9(6-8)13-2/h3-6H,1H2,2H3. The van der Waals surface area contributed by atoms with Crippen LogP contribution in [-0.4, -0.2) is 12.9 Å². The first-order chi connectivity index (χ1) is 6.15. The van der Waals surface area contributed by atoms with Gasteiger partial charge in [0.2, 0.25) is 5.78 Å². The van der Waals surface area contributed by atoms with E-state index in [0.29, 0.717) is 5.75 Å². The summed E-state index contributed by atoms with van der Waals surface area (Å²) < 4.78 is 17.3. The van der Waals surface area contributed by atoms with Crippen LogP contribution in [0.4, 0.5) is 4.39 Å². The Hall–Kier alpha value is -1.64. The van der Waals surface area contributed by atoms with Crippen molar-refractivity contribution in [2.75, 3.05) is 7.11 Å². The Kier molecular flexibility index (Phi) is 2.80. The molecule has 2 nitrogen and oxygen atoms in total. The van der Waals surface area contributed by atoms with Gasteiger partial charge in [0.05, 0.1) is 7.11 Å². The quantitative estimate of drug-likeness (QED) is 0.527. The fraction of sp³-hybridized carbons (Fsp3) is 0.100. The molecule has 0 spiro atoms. The van der Waals surface area contributed by atoms with E-state index in [4.69, 9.17) is 4.74 Å². The van der Waals surface area contributed by atoms with Crippen LogP contribution in [0.25, 0.3) is 0 Å². The van der Waals surface area contributed by atoms with E-state index in [1.54, 1.807) is 12.1 Å². The minimum absolute atomic E-state index is 0.242. The lowest BCUT2D eigenvalue weighted by Gasteiger charge is -2.01. The van der Waals surface area contributed by atoms with Gasteiger partial charge in [0, 0.05) is 5.56 Å². The van der Waals surface area contributed by atoms with Crippen LogP contribution >= 0.6 is 0 Å². The Labute approximate surface area is 75.6 Å². The average Bonchev–Trinajstić information content (AvgIpc) is 2.16. The molecule has 68 valence electrons. The molecule has 0 fully saturated rings. The topological polar surface area (TPSA) is 26.3 Å². The highest BCUT2D eigenvalue weighted by Gasteiger charge is 2.09. The number of hydrogen-bond donors (Lipinski definition) is 0. The van der Waals surface area contributed by atoms with Gasteiger partial charge >= 0.3 is 0 Å². The Morgan fingerprint density at radius 1 is 1.54 bits per heavy atom. The molecule has 0 radical (unpaired) electrons. The van der Waals surface area contributed by atoms with Gasteiger partial charge in [-0.25, -0.2) is 4.39 Å². The maximum Gasteiger partial charge on any atom is 0.220 e. The number of ether oxygens (including phenoxy) is 1. The number of hydrogen-bond acceptors (Lipinski definition) is 2. The molecule has 0 heterocycles. The number of benzene rings is 1. The van der Waals surface area contributed by atoms with Gasteiger partial charge in [-0.3, -0.25) is 4.79 Å². The molecule has 0 N–H and O–H groups in total. The lowest BCUT2D eigenvalue weighted by atomic mass is 10.1.